The van der Waals surface area contributed by atoms with E-state index in [9.17, 15) is 4.39 Å². The maximum atomic E-state index is 14.0. The molecule has 2 unspecified atom stereocenters. The lowest BCUT2D eigenvalue weighted by molar-refractivity contribution is -0.00544. The van der Waals surface area contributed by atoms with Crippen molar-refractivity contribution in [1.29, 1.82) is 0 Å². The minimum absolute atomic E-state index is 0.210. The fraction of sp³-hybridized carbons (Fsp3) is 0.500. The van der Waals surface area contributed by atoms with Gasteiger partial charge in [-0.15, -0.1) is 0 Å². The molecular formula is C12H13BrFNO. The highest BCUT2D eigenvalue weighted by Crippen LogP contribution is 2.40. The Morgan fingerprint density at radius 3 is 3.19 bits per heavy atom. The van der Waals surface area contributed by atoms with Crippen molar-refractivity contribution in [3.8, 4) is 0 Å². The fourth-order valence-corrected chi connectivity index (χ4v) is 2.99. The normalized spacial score (nSPS) is 32.5. The van der Waals surface area contributed by atoms with Gasteiger partial charge in [-0.05, 0) is 30.2 Å². The Morgan fingerprint density at radius 2 is 2.38 bits per heavy atom. The molecule has 1 aromatic rings. The summed E-state index contributed by atoms with van der Waals surface area (Å²) in [5, 5.41) is 3.35. The molecule has 86 valence electrons. The molecule has 1 N–H and O–H groups in total. The number of hydrogen-bond acceptors (Lipinski definition) is 2. The van der Waals surface area contributed by atoms with Gasteiger partial charge in [-0.3, -0.25) is 0 Å². The molecule has 2 nitrogen and oxygen atoms in total. The van der Waals surface area contributed by atoms with Crippen molar-refractivity contribution in [3.05, 3.63) is 28.2 Å². The Hall–Kier alpha value is -0.610. The zero-order valence-electron chi connectivity index (χ0n) is 8.80. The minimum atomic E-state index is -0.924. The summed E-state index contributed by atoms with van der Waals surface area (Å²) in [4.78, 5) is 0. The first-order valence-corrected chi connectivity index (χ1v) is 6.27. The van der Waals surface area contributed by atoms with E-state index in [0.717, 1.165) is 23.0 Å². The third kappa shape index (κ3) is 1.55. The van der Waals surface area contributed by atoms with E-state index in [-0.39, 0.29) is 6.61 Å². The van der Waals surface area contributed by atoms with Crippen LogP contribution >= 0.6 is 15.9 Å². The fourth-order valence-electron chi connectivity index (χ4n) is 2.58. The van der Waals surface area contributed by atoms with Crippen molar-refractivity contribution in [2.45, 2.75) is 24.6 Å². The molecule has 1 saturated heterocycles. The van der Waals surface area contributed by atoms with Crippen molar-refractivity contribution < 1.29 is 9.13 Å². The number of anilines is 1. The van der Waals surface area contributed by atoms with Crippen molar-refractivity contribution in [3.63, 3.8) is 0 Å². The van der Waals surface area contributed by atoms with Gasteiger partial charge < -0.3 is 10.1 Å². The SMILES string of the molecule is FC1COCCC12Cc1cc(Br)ccc1N2. The average Bonchev–Trinajstić information content (AvgIpc) is 2.61. The van der Waals surface area contributed by atoms with E-state index in [4.69, 9.17) is 4.74 Å². The van der Waals surface area contributed by atoms with E-state index < -0.39 is 11.7 Å². The van der Waals surface area contributed by atoms with Crippen LogP contribution in [0.25, 0.3) is 0 Å². The Labute approximate surface area is 102 Å². The van der Waals surface area contributed by atoms with Gasteiger partial charge in [0.2, 0.25) is 0 Å². The molecule has 1 fully saturated rings. The summed E-state index contributed by atoms with van der Waals surface area (Å²) in [7, 11) is 0. The van der Waals surface area contributed by atoms with Crippen LogP contribution in [0.4, 0.5) is 10.1 Å². The van der Waals surface area contributed by atoms with E-state index in [1.165, 1.54) is 5.56 Å². The Bertz CT molecular complexity index is 425. The monoisotopic (exact) mass is 285 g/mol. The van der Waals surface area contributed by atoms with Crippen LogP contribution in [-0.4, -0.2) is 24.9 Å². The number of fused-ring (bicyclic) bond motifs is 1. The maximum absolute atomic E-state index is 14.0. The highest BCUT2D eigenvalue weighted by Gasteiger charge is 2.46. The first kappa shape index (κ1) is 10.5. The van der Waals surface area contributed by atoms with Crippen LogP contribution < -0.4 is 5.32 Å². The summed E-state index contributed by atoms with van der Waals surface area (Å²) in [6, 6.07) is 6.06. The standard InChI is InChI=1S/C12H13BrFNO/c13-9-1-2-10-8(5-9)6-12(15-10)3-4-16-7-11(12)14/h1-2,5,11,15H,3-4,6-7H2. The molecule has 3 rings (SSSR count). The van der Waals surface area contributed by atoms with Gasteiger partial charge in [-0.25, -0.2) is 4.39 Å². The quantitative estimate of drug-likeness (QED) is 0.791. The number of rotatable bonds is 0. The third-order valence-electron chi connectivity index (χ3n) is 3.51. The lowest BCUT2D eigenvalue weighted by Gasteiger charge is -2.37. The number of alkyl halides is 1. The summed E-state index contributed by atoms with van der Waals surface area (Å²) >= 11 is 3.45. The summed E-state index contributed by atoms with van der Waals surface area (Å²) in [6.45, 7) is 0.852. The molecule has 0 radical (unpaired) electrons. The molecule has 0 aromatic heterocycles. The molecule has 1 spiro atoms. The van der Waals surface area contributed by atoms with Gasteiger partial charge in [0.25, 0.3) is 0 Å². The zero-order valence-corrected chi connectivity index (χ0v) is 10.4. The smallest absolute Gasteiger partial charge is 0.147 e. The van der Waals surface area contributed by atoms with E-state index in [0.29, 0.717) is 6.61 Å². The molecule has 2 aliphatic heterocycles. The summed E-state index contributed by atoms with van der Waals surface area (Å²) in [5.74, 6) is 0. The maximum Gasteiger partial charge on any atom is 0.147 e. The average molecular weight is 286 g/mol. The number of benzene rings is 1. The molecule has 0 bridgehead atoms. The van der Waals surface area contributed by atoms with Crippen LogP contribution in [0.5, 0.6) is 0 Å². The van der Waals surface area contributed by atoms with Crippen LogP contribution in [0.2, 0.25) is 0 Å². The third-order valence-corrected chi connectivity index (χ3v) is 4.01. The highest BCUT2D eigenvalue weighted by atomic mass is 79.9. The second-order valence-electron chi connectivity index (χ2n) is 4.55. The van der Waals surface area contributed by atoms with E-state index in [1.54, 1.807) is 0 Å². The first-order valence-electron chi connectivity index (χ1n) is 5.48. The molecular weight excluding hydrogens is 273 g/mol. The number of halogens is 2. The molecule has 4 heteroatoms. The summed E-state index contributed by atoms with van der Waals surface area (Å²) in [5.41, 5.74) is 1.83. The second-order valence-corrected chi connectivity index (χ2v) is 5.47. The van der Waals surface area contributed by atoms with E-state index in [2.05, 4.69) is 27.3 Å². The van der Waals surface area contributed by atoms with Crippen LogP contribution in [0.1, 0.15) is 12.0 Å². The Balaban J connectivity index is 1.93. The van der Waals surface area contributed by atoms with Gasteiger partial charge in [-0.2, -0.15) is 0 Å². The van der Waals surface area contributed by atoms with Gasteiger partial charge in [0, 0.05) is 23.2 Å². The van der Waals surface area contributed by atoms with Crippen LogP contribution in [0.3, 0.4) is 0 Å². The van der Waals surface area contributed by atoms with Crippen LogP contribution in [0.15, 0.2) is 22.7 Å². The molecule has 1 aromatic carbocycles. The van der Waals surface area contributed by atoms with Crippen molar-refractivity contribution in [2.24, 2.45) is 0 Å². The molecule has 0 saturated carbocycles. The molecule has 2 aliphatic rings. The predicted octanol–water partition coefficient (Wildman–Crippen LogP) is 2.91. The highest BCUT2D eigenvalue weighted by molar-refractivity contribution is 9.10. The number of nitrogens with one attached hydrogen (secondary N) is 1. The zero-order chi connectivity index (χ0) is 11.2. The second kappa shape index (κ2) is 3.70. The topological polar surface area (TPSA) is 21.3 Å². The molecule has 2 atom stereocenters. The minimum Gasteiger partial charge on any atom is -0.378 e. The van der Waals surface area contributed by atoms with Gasteiger partial charge >= 0.3 is 0 Å². The van der Waals surface area contributed by atoms with Crippen molar-refractivity contribution in [2.75, 3.05) is 18.5 Å². The molecule has 0 aliphatic carbocycles. The van der Waals surface area contributed by atoms with Gasteiger partial charge in [0.15, 0.2) is 0 Å². The Morgan fingerprint density at radius 1 is 1.50 bits per heavy atom. The van der Waals surface area contributed by atoms with E-state index in [1.807, 2.05) is 12.1 Å². The summed E-state index contributed by atoms with van der Waals surface area (Å²) in [6.07, 6.45) is 0.569. The lowest BCUT2D eigenvalue weighted by Crippen LogP contribution is -2.52. The number of hydrogen-bond donors (Lipinski definition) is 1. The Kier molecular flexibility index (Phi) is 2.44. The predicted molar refractivity (Wildman–Crippen MR) is 64.5 cm³/mol. The largest absolute Gasteiger partial charge is 0.378 e. The van der Waals surface area contributed by atoms with Gasteiger partial charge in [0.05, 0.1) is 12.1 Å². The number of ether oxygens (including phenoxy) is 1. The van der Waals surface area contributed by atoms with Crippen LogP contribution in [0, 0.1) is 0 Å². The summed E-state index contributed by atoms with van der Waals surface area (Å²) < 4.78 is 20.2. The van der Waals surface area contributed by atoms with Gasteiger partial charge in [0.1, 0.15) is 6.17 Å². The molecule has 2 heterocycles. The lowest BCUT2D eigenvalue weighted by atomic mass is 9.86. The molecule has 0 amide bonds. The van der Waals surface area contributed by atoms with Crippen molar-refractivity contribution >= 4 is 21.6 Å². The first-order chi connectivity index (χ1) is 7.70. The van der Waals surface area contributed by atoms with Crippen LogP contribution in [-0.2, 0) is 11.2 Å². The molecule has 16 heavy (non-hydrogen) atoms. The van der Waals surface area contributed by atoms with Gasteiger partial charge in [-0.1, -0.05) is 15.9 Å². The van der Waals surface area contributed by atoms with Crippen molar-refractivity contribution in [1.82, 2.24) is 0 Å². The van der Waals surface area contributed by atoms with E-state index >= 15 is 0 Å².